The van der Waals surface area contributed by atoms with Crippen LogP contribution in [-0.4, -0.2) is 11.6 Å². The summed E-state index contributed by atoms with van der Waals surface area (Å²) in [5, 5.41) is 0. The number of carbonyl (C=O) groups excluding carboxylic acids is 1. The van der Waals surface area contributed by atoms with Gasteiger partial charge in [-0.05, 0) is 93.7 Å². The number of rotatable bonds is 10. The van der Waals surface area contributed by atoms with Crippen LogP contribution in [0, 0.1) is 19.8 Å². The average molecular weight is 479 g/mol. The Labute approximate surface area is 213 Å². The molecule has 0 atom stereocenters. The van der Waals surface area contributed by atoms with Crippen molar-refractivity contribution in [1.82, 2.24) is 0 Å². The molecule has 0 radical (unpaired) electrons. The topological polar surface area (TPSA) is 35.5 Å². The second-order valence-corrected chi connectivity index (χ2v) is 10.8. The minimum atomic E-state index is -0.131. The molecule has 0 bridgehead atoms. The maximum absolute atomic E-state index is 12.6. The predicted octanol–water partition coefficient (Wildman–Crippen LogP) is 8.85. The molecule has 0 amide bonds. The lowest BCUT2D eigenvalue weighted by Crippen LogP contribution is -2.32. The van der Waals surface area contributed by atoms with E-state index in [1.165, 1.54) is 36.0 Å². The Balaban J connectivity index is 1.95. The summed E-state index contributed by atoms with van der Waals surface area (Å²) in [7, 11) is 0. The average Bonchev–Trinajstić information content (AvgIpc) is 2.87. The Bertz CT molecular complexity index is 992. The fourth-order valence-electron chi connectivity index (χ4n) is 5.50. The van der Waals surface area contributed by atoms with Gasteiger partial charge in [0, 0.05) is 5.41 Å². The van der Waals surface area contributed by atoms with Crippen molar-refractivity contribution in [3.05, 3.63) is 58.7 Å². The van der Waals surface area contributed by atoms with Gasteiger partial charge in [0.2, 0.25) is 0 Å². The number of carbonyl (C=O) groups is 1. The van der Waals surface area contributed by atoms with Gasteiger partial charge in [0.1, 0.15) is 17.1 Å². The molecule has 0 heterocycles. The van der Waals surface area contributed by atoms with Gasteiger partial charge in [0.05, 0.1) is 5.92 Å². The van der Waals surface area contributed by atoms with Crippen molar-refractivity contribution in [3.63, 3.8) is 0 Å². The zero-order valence-electron chi connectivity index (χ0n) is 23.1. The fourth-order valence-corrected chi connectivity index (χ4v) is 5.50. The molecular formula is C32H46O3. The molecule has 2 aromatic carbocycles. The van der Waals surface area contributed by atoms with Crippen molar-refractivity contribution in [2.45, 2.75) is 117 Å². The normalized spacial score (nSPS) is 15.8. The van der Waals surface area contributed by atoms with Gasteiger partial charge in [-0.15, -0.1) is 0 Å². The maximum atomic E-state index is 12.6. The molecule has 0 unspecified atom stereocenters. The zero-order valence-corrected chi connectivity index (χ0v) is 23.1. The lowest BCUT2D eigenvalue weighted by molar-refractivity contribution is -0.139. The summed E-state index contributed by atoms with van der Waals surface area (Å²) in [5.41, 5.74) is 4.80. The first-order chi connectivity index (χ1) is 16.7. The highest BCUT2D eigenvalue weighted by molar-refractivity contribution is 5.75. The van der Waals surface area contributed by atoms with Crippen molar-refractivity contribution in [2.24, 2.45) is 5.92 Å². The molecule has 0 spiro atoms. The summed E-state index contributed by atoms with van der Waals surface area (Å²) in [6, 6.07) is 13.3. The first-order valence-electron chi connectivity index (χ1n) is 13.8. The van der Waals surface area contributed by atoms with Crippen molar-refractivity contribution >= 4 is 5.97 Å². The van der Waals surface area contributed by atoms with E-state index >= 15 is 0 Å². The smallest absolute Gasteiger partial charge is 0.314 e. The largest absolute Gasteiger partial charge is 0.487 e. The van der Waals surface area contributed by atoms with Crippen LogP contribution < -0.4 is 9.47 Å². The van der Waals surface area contributed by atoms with Gasteiger partial charge in [-0.2, -0.15) is 0 Å². The van der Waals surface area contributed by atoms with Crippen LogP contribution in [0.25, 0.3) is 0 Å². The third-order valence-electron chi connectivity index (χ3n) is 8.54. The molecule has 0 aromatic heterocycles. The number of aryl methyl sites for hydroxylation is 2. The lowest BCUT2D eigenvalue weighted by atomic mass is 9.65. The lowest BCUT2D eigenvalue weighted by Gasteiger charge is -2.39. The summed E-state index contributed by atoms with van der Waals surface area (Å²) in [5.74, 6) is 1.53. The van der Waals surface area contributed by atoms with Crippen LogP contribution in [0.1, 0.15) is 115 Å². The molecule has 3 nitrogen and oxygen atoms in total. The second kappa shape index (κ2) is 11.6. The molecule has 0 aliphatic heterocycles. The first-order valence-corrected chi connectivity index (χ1v) is 13.8. The quantitative estimate of drug-likeness (QED) is 0.253. The van der Waals surface area contributed by atoms with Gasteiger partial charge in [0.15, 0.2) is 0 Å². The van der Waals surface area contributed by atoms with Gasteiger partial charge in [0.25, 0.3) is 0 Å². The van der Waals surface area contributed by atoms with Gasteiger partial charge >= 0.3 is 5.97 Å². The fraction of sp³-hybridized carbons (Fsp3) is 0.594. The van der Waals surface area contributed by atoms with Crippen molar-refractivity contribution in [2.75, 3.05) is 0 Å². The minimum absolute atomic E-state index is 0.0109. The Hall–Kier alpha value is -2.29. The molecule has 3 heteroatoms. The zero-order chi connectivity index (χ0) is 25.6. The molecule has 0 N–H and O–H groups in total. The van der Waals surface area contributed by atoms with Crippen LogP contribution >= 0.6 is 0 Å². The van der Waals surface area contributed by atoms with Crippen molar-refractivity contribution in [1.29, 1.82) is 0 Å². The van der Waals surface area contributed by atoms with Crippen LogP contribution in [0.15, 0.2) is 36.4 Å². The number of benzene rings is 2. The molecule has 1 aliphatic carbocycles. The van der Waals surface area contributed by atoms with Crippen molar-refractivity contribution < 1.29 is 14.3 Å². The molecule has 192 valence electrons. The molecule has 35 heavy (non-hydrogen) atoms. The SMILES string of the molecule is CCC(CC)C(=O)Oc1ccc(C2(c3ccc(OC(C)(CC)CC)c(C)c3)CCCCC2)cc1C. The third kappa shape index (κ3) is 5.93. The molecule has 0 saturated heterocycles. The molecule has 2 aromatic rings. The Morgan fingerprint density at radius 2 is 1.37 bits per heavy atom. The number of hydrogen-bond donors (Lipinski definition) is 0. The van der Waals surface area contributed by atoms with Crippen LogP contribution in [0.4, 0.5) is 0 Å². The van der Waals surface area contributed by atoms with Crippen LogP contribution in [-0.2, 0) is 10.2 Å². The van der Waals surface area contributed by atoms with E-state index in [2.05, 4.69) is 65.0 Å². The third-order valence-corrected chi connectivity index (χ3v) is 8.54. The monoisotopic (exact) mass is 478 g/mol. The van der Waals surface area contributed by atoms with E-state index < -0.39 is 0 Å². The first kappa shape index (κ1) is 27.3. The Kier molecular flexibility index (Phi) is 9.07. The highest BCUT2D eigenvalue weighted by Crippen LogP contribution is 2.47. The summed E-state index contributed by atoms with van der Waals surface area (Å²) in [6.07, 6.45) is 9.62. The van der Waals surface area contributed by atoms with E-state index in [9.17, 15) is 4.79 Å². The van der Waals surface area contributed by atoms with Gasteiger partial charge in [-0.3, -0.25) is 4.79 Å². The second-order valence-electron chi connectivity index (χ2n) is 10.8. The van der Waals surface area contributed by atoms with E-state index in [4.69, 9.17) is 9.47 Å². The number of esters is 1. The maximum Gasteiger partial charge on any atom is 0.314 e. The van der Waals surface area contributed by atoms with E-state index in [1.807, 2.05) is 19.9 Å². The number of ether oxygens (including phenoxy) is 2. The van der Waals surface area contributed by atoms with Crippen LogP contribution in [0.5, 0.6) is 11.5 Å². The summed E-state index contributed by atoms with van der Waals surface area (Å²) in [4.78, 5) is 12.6. The van der Waals surface area contributed by atoms with E-state index in [0.29, 0.717) is 5.75 Å². The Morgan fingerprint density at radius 1 is 0.857 bits per heavy atom. The van der Waals surface area contributed by atoms with Crippen LogP contribution in [0.2, 0.25) is 0 Å². The molecule has 1 aliphatic rings. The number of hydrogen-bond acceptors (Lipinski definition) is 3. The van der Waals surface area contributed by atoms with Gasteiger partial charge < -0.3 is 9.47 Å². The highest BCUT2D eigenvalue weighted by Gasteiger charge is 2.36. The summed E-state index contributed by atoms with van der Waals surface area (Å²) >= 11 is 0. The summed E-state index contributed by atoms with van der Waals surface area (Å²) in [6.45, 7) is 14.9. The summed E-state index contributed by atoms with van der Waals surface area (Å²) < 4.78 is 12.3. The molecule has 3 rings (SSSR count). The van der Waals surface area contributed by atoms with Gasteiger partial charge in [-0.25, -0.2) is 0 Å². The molecular weight excluding hydrogens is 432 g/mol. The van der Waals surface area contributed by atoms with E-state index in [-0.39, 0.29) is 22.9 Å². The molecule has 1 fully saturated rings. The standard InChI is InChI=1S/C32H46O3/c1-8-25(9-2)30(33)34-28-17-15-26(21-23(28)5)32(19-13-12-14-20-32)27-16-18-29(24(6)22-27)35-31(7,10-3)11-4/h15-18,21-22,25H,8-14,19-20H2,1-7H3. The van der Waals surface area contributed by atoms with Gasteiger partial charge in [-0.1, -0.05) is 71.2 Å². The van der Waals surface area contributed by atoms with Crippen LogP contribution in [0.3, 0.4) is 0 Å². The minimum Gasteiger partial charge on any atom is -0.487 e. The predicted molar refractivity (Wildman–Crippen MR) is 146 cm³/mol. The molecule has 1 saturated carbocycles. The Morgan fingerprint density at radius 3 is 1.83 bits per heavy atom. The highest BCUT2D eigenvalue weighted by atomic mass is 16.5. The van der Waals surface area contributed by atoms with Crippen molar-refractivity contribution in [3.8, 4) is 11.5 Å². The van der Waals surface area contributed by atoms with E-state index in [0.717, 1.165) is 49.8 Å². The van der Waals surface area contributed by atoms with E-state index in [1.54, 1.807) is 0 Å².